The van der Waals surface area contributed by atoms with Crippen molar-refractivity contribution < 1.29 is 14.3 Å². The van der Waals surface area contributed by atoms with Gasteiger partial charge in [-0.15, -0.1) is 0 Å². The lowest BCUT2D eigenvalue weighted by molar-refractivity contribution is -0.139. The maximum Gasteiger partial charge on any atom is 0.245 e. The highest BCUT2D eigenvalue weighted by Crippen LogP contribution is 2.06. The van der Waals surface area contributed by atoms with Crippen LogP contribution < -0.4 is 11.1 Å². The van der Waals surface area contributed by atoms with Crippen LogP contribution in [0, 0.1) is 5.92 Å². The van der Waals surface area contributed by atoms with Gasteiger partial charge in [0.15, 0.2) is 0 Å². The lowest BCUT2D eigenvalue weighted by atomic mass is 9.99. The molecule has 1 heterocycles. The van der Waals surface area contributed by atoms with Gasteiger partial charge < -0.3 is 20.7 Å². The highest BCUT2D eigenvalue weighted by atomic mass is 16.5. The molecule has 0 saturated carbocycles. The lowest BCUT2D eigenvalue weighted by Crippen LogP contribution is -2.54. The lowest BCUT2D eigenvalue weighted by Gasteiger charge is -2.30. The Morgan fingerprint density at radius 3 is 2.42 bits per heavy atom. The van der Waals surface area contributed by atoms with E-state index in [2.05, 4.69) is 5.32 Å². The molecule has 6 heteroatoms. The molecular weight excluding hydrogens is 246 g/mol. The molecule has 1 aliphatic rings. The molecule has 0 aromatic rings. The summed E-state index contributed by atoms with van der Waals surface area (Å²) in [6.07, 6.45) is 0.834. The smallest absolute Gasteiger partial charge is 0.245 e. The van der Waals surface area contributed by atoms with Gasteiger partial charge in [0.2, 0.25) is 11.8 Å². The summed E-state index contributed by atoms with van der Waals surface area (Å²) in [6.45, 7) is 7.88. The fourth-order valence-electron chi connectivity index (χ4n) is 1.94. The predicted molar refractivity (Wildman–Crippen MR) is 72.4 cm³/mol. The molecular formula is C13H25N3O3. The molecule has 1 rings (SSSR count). The number of amides is 2. The van der Waals surface area contributed by atoms with Crippen LogP contribution >= 0.6 is 0 Å². The van der Waals surface area contributed by atoms with E-state index in [1.165, 1.54) is 0 Å². The molecule has 1 unspecified atom stereocenters. The van der Waals surface area contributed by atoms with E-state index in [1.807, 2.05) is 13.8 Å². The van der Waals surface area contributed by atoms with Gasteiger partial charge in [-0.3, -0.25) is 9.59 Å². The molecule has 0 radical (unpaired) electrons. The number of carbonyl (C=O) groups is 2. The molecule has 0 aromatic heterocycles. The minimum Gasteiger partial charge on any atom is -0.378 e. The maximum atomic E-state index is 12.1. The fourth-order valence-corrected chi connectivity index (χ4v) is 1.94. The number of carbonyl (C=O) groups excluding carboxylic acids is 2. The van der Waals surface area contributed by atoms with Crippen LogP contribution in [0.5, 0.6) is 0 Å². The van der Waals surface area contributed by atoms with Gasteiger partial charge in [0, 0.05) is 13.1 Å². The van der Waals surface area contributed by atoms with Gasteiger partial charge in [-0.2, -0.15) is 0 Å². The minimum atomic E-state index is -0.565. The van der Waals surface area contributed by atoms with Crippen LogP contribution in [0.2, 0.25) is 0 Å². The quantitative estimate of drug-likeness (QED) is 0.720. The molecule has 1 fully saturated rings. The van der Waals surface area contributed by atoms with Crippen molar-refractivity contribution >= 4 is 11.8 Å². The van der Waals surface area contributed by atoms with Gasteiger partial charge >= 0.3 is 0 Å². The van der Waals surface area contributed by atoms with Crippen LogP contribution in [-0.4, -0.2) is 55.1 Å². The molecule has 1 saturated heterocycles. The predicted octanol–water partition coefficient (Wildman–Crippen LogP) is -0.277. The van der Waals surface area contributed by atoms with E-state index in [1.54, 1.807) is 11.8 Å². The number of ether oxygens (including phenoxy) is 1. The molecule has 3 atom stereocenters. The van der Waals surface area contributed by atoms with E-state index in [9.17, 15) is 9.59 Å². The van der Waals surface area contributed by atoms with Crippen LogP contribution in [0.1, 0.15) is 27.2 Å². The molecule has 0 aromatic carbocycles. The van der Waals surface area contributed by atoms with Gasteiger partial charge in [-0.25, -0.2) is 0 Å². The number of hydrogen-bond acceptors (Lipinski definition) is 4. The topological polar surface area (TPSA) is 84.7 Å². The summed E-state index contributed by atoms with van der Waals surface area (Å²) in [7, 11) is 0. The molecule has 110 valence electrons. The van der Waals surface area contributed by atoms with E-state index in [-0.39, 0.29) is 17.7 Å². The van der Waals surface area contributed by atoms with E-state index in [0.29, 0.717) is 26.3 Å². The minimum absolute atomic E-state index is 0.0759. The van der Waals surface area contributed by atoms with Gasteiger partial charge in [0.25, 0.3) is 0 Å². The fraction of sp³-hybridized carbons (Fsp3) is 0.846. The third kappa shape index (κ3) is 4.47. The van der Waals surface area contributed by atoms with Gasteiger partial charge in [-0.05, 0) is 12.8 Å². The third-order valence-corrected chi connectivity index (χ3v) is 3.61. The van der Waals surface area contributed by atoms with Crippen molar-refractivity contribution in [2.45, 2.75) is 39.3 Å². The Kier molecular flexibility index (Phi) is 6.24. The Hall–Kier alpha value is -1.14. The standard InChI is InChI=1S/C13H25N3O3/c1-4-9(2)11(14)12(17)15-10(3)13(18)16-5-7-19-8-6-16/h9-11H,4-8,14H2,1-3H3,(H,15,17)/t9-,10?,11-/m0/s1. The number of nitrogens with two attached hydrogens (primary N) is 1. The summed E-state index contributed by atoms with van der Waals surface area (Å²) in [6, 6.07) is -1.11. The first-order valence-corrected chi connectivity index (χ1v) is 6.89. The molecule has 6 nitrogen and oxygen atoms in total. The second-order valence-electron chi connectivity index (χ2n) is 5.08. The average Bonchev–Trinajstić information content (AvgIpc) is 2.45. The molecule has 0 aliphatic carbocycles. The number of rotatable bonds is 5. The maximum absolute atomic E-state index is 12.1. The van der Waals surface area contributed by atoms with E-state index >= 15 is 0 Å². The Labute approximate surface area is 114 Å². The van der Waals surface area contributed by atoms with Gasteiger partial charge in [-0.1, -0.05) is 20.3 Å². The summed E-state index contributed by atoms with van der Waals surface area (Å²) in [4.78, 5) is 25.7. The van der Waals surface area contributed by atoms with Crippen LogP contribution in [0.3, 0.4) is 0 Å². The van der Waals surface area contributed by atoms with Crippen molar-refractivity contribution in [2.24, 2.45) is 11.7 Å². The van der Waals surface area contributed by atoms with Crippen molar-refractivity contribution in [3.8, 4) is 0 Å². The zero-order chi connectivity index (χ0) is 14.4. The third-order valence-electron chi connectivity index (χ3n) is 3.61. The van der Waals surface area contributed by atoms with Crippen molar-refractivity contribution in [1.82, 2.24) is 10.2 Å². The second kappa shape index (κ2) is 7.45. The summed E-state index contributed by atoms with van der Waals surface area (Å²) < 4.78 is 5.19. The SMILES string of the molecule is CC[C@H](C)[C@H](N)C(=O)NC(C)C(=O)N1CCOCC1. The second-order valence-corrected chi connectivity index (χ2v) is 5.08. The zero-order valence-corrected chi connectivity index (χ0v) is 12.0. The number of morpholine rings is 1. The largest absolute Gasteiger partial charge is 0.378 e. The Balaban J connectivity index is 2.46. The van der Waals surface area contributed by atoms with Crippen molar-refractivity contribution in [3.05, 3.63) is 0 Å². The number of nitrogens with one attached hydrogen (secondary N) is 1. The summed E-state index contributed by atoms with van der Waals surface area (Å²) in [5.74, 6) is -0.234. The van der Waals surface area contributed by atoms with E-state index < -0.39 is 12.1 Å². The van der Waals surface area contributed by atoms with Crippen LogP contribution in [0.15, 0.2) is 0 Å². The monoisotopic (exact) mass is 271 g/mol. The Morgan fingerprint density at radius 1 is 1.32 bits per heavy atom. The molecule has 1 aliphatic heterocycles. The molecule has 0 spiro atoms. The van der Waals surface area contributed by atoms with Crippen molar-refractivity contribution in [3.63, 3.8) is 0 Å². The van der Waals surface area contributed by atoms with Crippen LogP contribution in [-0.2, 0) is 14.3 Å². The summed E-state index contributed by atoms with van der Waals surface area (Å²) >= 11 is 0. The first kappa shape index (κ1) is 15.9. The van der Waals surface area contributed by atoms with Gasteiger partial charge in [0.05, 0.1) is 19.3 Å². The molecule has 0 bridgehead atoms. The van der Waals surface area contributed by atoms with Crippen LogP contribution in [0.25, 0.3) is 0 Å². The number of nitrogens with zero attached hydrogens (tertiary/aromatic N) is 1. The average molecular weight is 271 g/mol. The van der Waals surface area contributed by atoms with Crippen molar-refractivity contribution in [1.29, 1.82) is 0 Å². The molecule has 2 amide bonds. The number of hydrogen-bond donors (Lipinski definition) is 2. The molecule has 19 heavy (non-hydrogen) atoms. The highest BCUT2D eigenvalue weighted by molar-refractivity contribution is 5.89. The van der Waals surface area contributed by atoms with E-state index in [4.69, 9.17) is 10.5 Å². The van der Waals surface area contributed by atoms with Crippen LogP contribution in [0.4, 0.5) is 0 Å². The van der Waals surface area contributed by atoms with E-state index in [0.717, 1.165) is 6.42 Å². The Bertz CT molecular complexity index is 316. The summed E-state index contributed by atoms with van der Waals surface area (Å²) in [5, 5.41) is 2.70. The highest BCUT2D eigenvalue weighted by Gasteiger charge is 2.26. The first-order chi connectivity index (χ1) is 8.97. The van der Waals surface area contributed by atoms with Crippen molar-refractivity contribution in [2.75, 3.05) is 26.3 Å². The summed E-state index contributed by atoms with van der Waals surface area (Å²) in [5.41, 5.74) is 5.84. The zero-order valence-electron chi connectivity index (χ0n) is 12.0. The normalized spacial score (nSPS) is 20.5. The first-order valence-electron chi connectivity index (χ1n) is 6.89. The molecule has 3 N–H and O–H groups in total. The van der Waals surface area contributed by atoms with Gasteiger partial charge in [0.1, 0.15) is 6.04 Å². The Morgan fingerprint density at radius 2 is 1.89 bits per heavy atom.